The van der Waals surface area contributed by atoms with Gasteiger partial charge in [0.1, 0.15) is 0 Å². The third-order valence-electron chi connectivity index (χ3n) is 2.65. The number of aryl methyl sites for hydroxylation is 1. The molecular weight excluding hydrogens is 292 g/mol. The topological polar surface area (TPSA) is 42.0 Å². The van der Waals surface area contributed by atoms with E-state index < -0.39 is 0 Å². The van der Waals surface area contributed by atoms with Crippen LogP contribution in [0.1, 0.15) is 22.8 Å². The minimum atomic E-state index is -0.121. The van der Waals surface area contributed by atoms with E-state index >= 15 is 0 Å². The Hall–Kier alpha value is -1.68. The molecule has 1 N–H and O–H groups in total. The fraction of sp³-hybridized carbons (Fsp3) is 0.143. The van der Waals surface area contributed by atoms with Crippen LogP contribution in [0, 0.1) is 0 Å². The number of benzene rings is 1. The maximum Gasteiger partial charge on any atom is 0.255 e. The molecule has 0 radical (unpaired) electrons. The van der Waals surface area contributed by atoms with Crippen LogP contribution in [0.15, 0.2) is 47.2 Å². The average molecular weight is 305 g/mol. The number of hydrogen-bond acceptors (Lipinski definition) is 2. The van der Waals surface area contributed by atoms with Crippen molar-refractivity contribution in [2.45, 2.75) is 13.3 Å². The monoisotopic (exact) mass is 304 g/mol. The average Bonchev–Trinajstić information content (AvgIpc) is 2.41. The van der Waals surface area contributed by atoms with Crippen LogP contribution < -0.4 is 5.32 Å². The Kier molecular flexibility index (Phi) is 4.10. The molecule has 1 aromatic carbocycles. The lowest BCUT2D eigenvalue weighted by Crippen LogP contribution is -2.12. The second-order valence-corrected chi connectivity index (χ2v) is 4.71. The van der Waals surface area contributed by atoms with E-state index in [-0.39, 0.29) is 5.91 Å². The number of anilines is 1. The zero-order valence-corrected chi connectivity index (χ0v) is 11.6. The highest BCUT2D eigenvalue weighted by Crippen LogP contribution is 2.20. The number of halogens is 1. The number of aromatic nitrogens is 1. The first-order chi connectivity index (χ1) is 8.70. The van der Waals surface area contributed by atoms with E-state index in [9.17, 15) is 4.79 Å². The fourth-order valence-corrected chi connectivity index (χ4v) is 1.91. The van der Waals surface area contributed by atoms with Gasteiger partial charge in [-0.05, 0) is 46.1 Å². The zero-order valence-electron chi connectivity index (χ0n) is 9.98. The second kappa shape index (κ2) is 5.78. The third kappa shape index (κ3) is 2.96. The molecule has 0 aliphatic carbocycles. The zero-order chi connectivity index (χ0) is 13.0. The van der Waals surface area contributed by atoms with E-state index in [2.05, 4.69) is 33.2 Å². The molecule has 0 saturated heterocycles. The van der Waals surface area contributed by atoms with Gasteiger partial charge in [0.2, 0.25) is 0 Å². The summed E-state index contributed by atoms with van der Waals surface area (Å²) in [6.07, 6.45) is 4.26. The predicted octanol–water partition coefficient (Wildman–Crippen LogP) is 3.66. The van der Waals surface area contributed by atoms with Crippen LogP contribution in [0.5, 0.6) is 0 Å². The van der Waals surface area contributed by atoms with E-state index in [0.29, 0.717) is 5.56 Å². The molecule has 0 unspecified atom stereocenters. The molecule has 1 amide bonds. The molecule has 0 spiro atoms. The minimum absolute atomic E-state index is 0.121. The SMILES string of the molecule is CCc1ccc(C(=O)Nc2ccncc2Br)cc1. The van der Waals surface area contributed by atoms with Gasteiger partial charge in [0.25, 0.3) is 5.91 Å². The number of carbonyl (C=O) groups excluding carboxylic acids is 1. The molecule has 92 valence electrons. The van der Waals surface area contributed by atoms with Crippen LogP contribution in [0.25, 0.3) is 0 Å². The standard InChI is InChI=1S/C14H13BrN2O/c1-2-10-3-5-11(6-4-10)14(18)17-13-7-8-16-9-12(13)15/h3-9H,2H2,1H3,(H,16,17,18). The smallest absolute Gasteiger partial charge is 0.255 e. The highest BCUT2D eigenvalue weighted by molar-refractivity contribution is 9.10. The molecule has 18 heavy (non-hydrogen) atoms. The quantitative estimate of drug-likeness (QED) is 0.940. The first-order valence-corrected chi connectivity index (χ1v) is 6.50. The summed E-state index contributed by atoms with van der Waals surface area (Å²) in [5.41, 5.74) is 2.59. The van der Waals surface area contributed by atoms with E-state index in [1.165, 1.54) is 5.56 Å². The van der Waals surface area contributed by atoms with Crippen molar-refractivity contribution in [3.8, 4) is 0 Å². The summed E-state index contributed by atoms with van der Waals surface area (Å²) in [4.78, 5) is 16.0. The van der Waals surface area contributed by atoms with Crippen molar-refractivity contribution < 1.29 is 4.79 Å². The van der Waals surface area contributed by atoms with Gasteiger partial charge in [0.05, 0.1) is 10.2 Å². The summed E-state index contributed by atoms with van der Waals surface area (Å²) in [6.45, 7) is 2.09. The summed E-state index contributed by atoms with van der Waals surface area (Å²) in [5, 5.41) is 2.84. The van der Waals surface area contributed by atoms with Gasteiger partial charge in [0, 0.05) is 18.0 Å². The van der Waals surface area contributed by atoms with Crippen molar-refractivity contribution in [3.63, 3.8) is 0 Å². The fourth-order valence-electron chi connectivity index (χ4n) is 1.56. The van der Waals surface area contributed by atoms with Gasteiger partial charge >= 0.3 is 0 Å². The molecular formula is C14H13BrN2O. The van der Waals surface area contributed by atoms with Gasteiger partial charge in [-0.25, -0.2) is 0 Å². The summed E-state index contributed by atoms with van der Waals surface area (Å²) in [5.74, 6) is -0.121. The molecule has 0 bridgehead atoms. The van der Waals surface area contributed by atoms with Crippen molar-refractivity contribution in [3.05, 3.63) is 58.3 Å². The number of rotatable bonds is 3. The lowest BCUT2D eigenvalue weighted by Gasteiger charge is -2.07. The molecule has 0 aliphatic heterocycles. The van der Waals surface area contributed by atoms with Crippen molar-refractivity contribution >= 4 is 27.5 Å². The normalized spacial score (nSPS) is 10.1. The Labute approximate surface area is 114 Å². The molecule has 0 saturated carbocycles. The van der Waals surface area contributed by atoms with E-state index in [0.717, 1.165) is 16.6 Å². The van der Waals surface area contributed by atoms with Crippen molar-refractivity contribution in [2.75, 3.05) is 5.32 Å². The van der Waals surface area contributed by atoms with Crippen LogP contribution in [0.3, 0.4) is 0 Å². The van der Waals surface area contributed by atoms with E-state index in [4.69, 9.17) is 0 Å². The van der Waals surface area contributed by atoms with Crippen molar-refractivity contribution in [1.82, 2.24) is 4.98 Å². The number of nitrogens with one attached hydrogen (secondary N) is 1. The minimum Gasteiger partial charge on any atom is -0.321 e. The Morgan fingerprint density at radius 2 is 2.00 bits per heavy atom. The van der Waals surface area contributed by atoms with E-state index in [1.807, 2.05) is 24.3 Å². The van der Waals surface area contributed by atoms with Gasteiger partial charge in [-0.1, -0.05) is 19.1 Å². The summed E-state index contributed by atoms with van der Waals surface area (Å²) in [7, 11) is 0. The maximum atomic E-state index is 12.0. The number of carbonyl (C=O) groups is 1. The first kappa shape index (κ1) is 12.8. The van der Waals surface area contributed by atoms with Crippen LogP contribution in [-0.2, 0) is 6.42 Å². The summed E-state index contributed by atoms with van der Waals surface area (Å²) < 4.78 is 0.767. The number of nitrogens with zero attached hydrogens (tertiary/aromatic N) is 1. The largest absolute Gasteiger partial charge is 0.321 e. The maximum absolute atomic E-state index is 12.0. The highest BCUT2D eigenvalue weighted by Gasteiger charge is 2.07. The highest BCUT2D eigenvalue weighted by atomic mass is 79.9. The second-order valence-electron chi connectivity index (χ2n) is 3.86. The Morgan fingerprint density at radius 3 is 2.61 bits per heavy atom. The van der Waals surface area contributed by atoms with E-state index in [1.54, 1.807) is 18.5 Å². The molecule has 1 heterocycles. The molecule has 4 heteroatoms. The van der Waals surface area contributed by atoms with Crippen molar-refractivity contribution in [1.29, 1.82) is 0 Å². The molecule has 0 fully saturated rings. The van der Waals surface area contributed by atoms with Gasteiger partial charge < -0.3 is 5.32 Å². The molecule has 2 aromatic rings. The van der Waals surface area contributed by atoms with Crippen molar-refractivity contribution in [2.24, 2.45) is 0 Å². The molecule has 3 nitrogen and oxygen atoms in total. The lowest BCUT2D eigenvalue weighted by molar-refractivity contribution is 0.102. The van der Waals surface area contributed by atoms with Gasteiger partial charge in [0.15, 0.2) is 0 Å². The van der Waals surface area contributed by atoms with Gasteiger partial charge in [-0.2, -0.15) is 0 Å². The van der Waals surface area contributed by atoms with Gasteiger partial charge in [-0.15, -0.1) is 0 Å². The molecule has 0 atom stereocenters. The first-order valence-electron chi connectivity index (χ1n) is 5.70. The lowest BCUT2D eigenvalue weighted by atomic mass is 10.1. The number of amides is 1. The Morgan fingerprint density at radius 1 is 1.28 bits per heavy atom. The predicted molar refractivity (Wildman–Crippen MR) is 75.7 cm³/mol. The van der Waals surface area contributed by atoms with Crippen LogP contribution >= 0.6 is 15.9 Å². The number of pyridine rings is 1. The Balaban J connectivity index is 2.14. The molecule has 0 aliphatic rings. The summed E-state index contributed by atoms with van der Waals surface area (Å²) in [6, 6.07) is 9.36. The number of hydrogen-bond donors (Lipinski definition) is 1. The third-order valence-corrected chi connectivity index (χ3v) is 3.28. The van der Waals surface area contributed by atoms with Crippen LogP contribution in [0.4, 0.5) is 5.69 Å². The summed E-state index contributed by atoms with van der Waals surface area (Å²) >= 11 is 3.34. The van der Waals surface area contributed by atoms with Gasteiger partial charge in [-0.3, -0.25) is 9.78 Å². The van der Waals surface area contributed by atoms with Crippen LogP contribution in [0.2, 0.25) is 0 Å². The molecule has 2 rings (SSSR count). The van der Waals surface area contributed by atoms with Crippen LogP contribution in [-0.4, -0.2) is 10.9 Å². The Bertz CT molecular complexity index is 552. The molecule has 1 aromatic heterocycles.